The van der Waals surface area contributed by atoms with Gasteiger partial charge in [-0.1, -0.05) is 6.07 Å². The molecule has 296 valence electrons. The van der Waals surface area contributed by atoms with Crippen LogP contribution in [0.15, 0.2) is 74.3 Å². The van der Waals surface area contributed by atoms with Gasteiger partial charge in [-0.2, -0.15) is 0 Å². The second kappa shape index (κ2) is 14.2. The number of phenols is 6. The van der Waals surface area contributed by atoms with E-state index in [0.29, 0.717) is 0 Å². The first-order valence-corrected chi connectivity index (χ1v) is 17.4. The summed E-state index contributed by atoms with van der Waals surface area (Å²) in [5, 5.41) is 115. The lowest BCUT2D eigenvalue weighted by Crippen LogP contribution is -2.60. The minimum atomic E-state index is -1.87. The minimum absolute atomic E-state index is 0.0100. The summed E-state index contributed by atoms with van der Waals surface area (Å²) in [5.74, 6) is -3.04. The molecule has 0 saturated carbocycles. The van der Waals surface area contributed by atoms with Crippen molar-refractivity contribution in [1.82, 2.24) is 0 Å². The van der Waals surface area contributed by atoms with Gasteiger partial charge in [0.25, 0.3) is 0 Å². The molecule has 2 aromatic heterocycles. The maximum absolute atomic E-state index is 12.9. The molecule has 0 radical (unpaired) electrons. The molecule has 2 aliphatic heterocycles. The lowest BCUT2D eigenvalue weighted by molar-refractivity contribution is -0.277. The predicted octanol–water partition coefficient (Wildman–Crippen LogP) is 2.83. The topological polar surface area (TPSA) is 294 Å². The van der Waals surface area contributed by atoms with E-state index in [4.69, 9.17) is 23.0 Å². The fourth-order valence-corrected chi connectivity index (χ4v) is 7.03. The molecule has 2 unspecified atom stereocenters. The highest BCUT2D eigenvalue weighted by Crippen LogP contribution is 2.48. The van der Waals surface area contributed by atoms with Gasteiger partial charge in [0.2, 0.25) is 6.29 Å². The first-order valence-electron chi connectivity index (χ1n) is 17.4. The average Bonchev–Trinajstić information content (AvgIpc) is 3.17. The van der Waals surface area contributed by atoms with Crippen LogP contribution in [0.3, 0.4) is 0 Å². The number of benzene rings is 4. The summed E-state index contributed by atoms with van der Waals surface area (Å²) >= 11 is 0. The number of rotatable bonds is 7. The standard InChI is InChI=1S/C40H34O17/c41-14-31-33(50)34(51)35(52)40(55-31)57-39-21-11-18(53-29-9-17(42)10-30(32(21)29)54-37(39)16-2-6-23(44)27(48)8-16)3-4-19-24(45)13-25(46)20-12-28(49)36(56-38(19)20)15-1-5-22(43)26(47)7-15/h1-11,13,28,31,33-36,40-41,43-52H,12,14H2/b4-3+/t28?,31-,33-,34+,35-,36?,40+/m1/s1. The van der Waals surface area contributed by atoms with Gasteiger partial charge >= 0.3 is 0 Å². The fourth-order valence-electron chi connectivity index (χ4n) is 7.03. The molecule has 0 amide bonds. The number of phenolic OH excluding ortho intramolecular Hbond substituents is 6. The normalized spacial score (nSPS) is 23.5. The molecule has 2 aliphatic rings. The first-order chi connectivity index (χ1) is 27.2. The first kappa shape index (κ1) is 37.5. The third kappa shape index (κ3) is 6.57. The Hall–Kier alpha value is -6.47. The predicted molar refractivity (Wildman–Crippen MR) is 197 cm³/mol. The van der Waals surface area contributed by atoms with Crippen molar-refractivity contribution in [3.8, 4) is 57.3 Å². The summed E-state index contributed by atoms with van der Waals surface area (Å²) in [6, 6.07) is 12.3. The number of aromatic hydroxyl groups is 6. The van der Waals surface area contributed by atoms with Crippen LogP contribution in [0.5, 0.6) is 46.0 Å². The van der Waals surface area contributed by atoms with Gasteiger partial charge in [-0.3, -0.25) is 4.79 Å². The zero-order chi connectivity index (χ0) is 40.4. The van der Waals surface area contributed by atoms with Crippen LogP contribution in [0.1, 0.15) is 28.6 Å². The van der Waals surface area contributed by atoms with Crippen LogP contribution in [0.2, 0.25) is 0 Å². The van der Waals surface area contributed by atoms with E-state index < -0.39 is 83.7 Å². The Morgan fingerprint density at radius 2 is 1.42 bits per heavy atom. The summed E-state index contributed by atoms with van der Waals surface area (Å²) in [6.45, 7) is -0.758. The molecule has 17 nitrogen and oxygen atoms in total. The van der Waals surface area contributed by atoms with E-state index in [9.17, 15) is 61.0 Å². The Bertz CT molecular complexity index is 2620. The Kier molecular flexibility index (Phi) is 9.35. The smallest absolute Gasteiger partial charge is 0.229 e. The second-order valence-corrected chi connectivity index (χ2v) is 13.7. The number of aliphatic hydroxyl groups excluding tert-OH is 5. The summed E-state index contributed by atoms with van der Waals surface area (Å²) in [6.07, 6.45) is -8.18. The van der Waals surface area contributed by atoms with Gasteiger partial charge in [0.15, 0.2) is 39.9 Å². The van der Waals surface area contributed by atoms with Crippen LogP contribution < -0.4 is 14.9 Å². The molecule has 17 heteroatoms. The van der Waals surface area contributed by atoms with Crippen LogP contribution in [0.4, 0.5) is 0 Å². The second-order valence-electron chi connectivity index (χ2n) is 13.7. The minimum Gasteiger partial charge on any atom is -0.507 e. The highest BCUT2D eigenvalue weighted by atomic mass is 16.7. The van der Waals surface area contributed by atoms with Crippen molar-refractivity contribution >= 4 is 34.1 Å². The zero-order valence-corrected chi connectivity index (χ0v) is 29.3. The fraction of sp³-hybridized carbons (Fsp3) is 0.225. The van der Waals surface area contributed by atoms with Gasteiger partial charge in [0.05, 0.1) is 23.7 Å². The SMILES string of the molecule is O=c1cc2oc(/C=C/c3c(O)cc(O)c4c3OC(c3ccc(O)c(O)c3)C(O)C4)cc3c(O[C@@H]4O[C@H](CO)[C@@H](O)[C@H](O)[C@H]4O)c(-c4ccc(O)c(O)c4)oc(c1)c23. The molecular weight excluding hydrogens is 752 g/mol. The maximum atomic E-state index is 12.9. The van der Waals surface area contributed by atoms with Crippen molar-refractivity contribution in [2.24, 2.45) is 0 Å². The lowest BCUT2D eigenvalue weighted by Gasteiger charge is -2.39. The summed E-state index contributed by atoms with van der Waals surface area (Å²) in [7, 11) is 0. The Morgan fingerprint density at radius 3 is 2.12 bits per heavy atom. The summed E-state index contributed by atoms with van der Waals surface area (Å²) in [4.78, 5) is 12.9. The van der Waals surface area contributed by atoms with Crippen LogP contribution in [-0.2, 0) is 11.2 Å². The molecule has 11 N–H and O–H groups in total. The molecule has 57 heavy (non-hydrogen) atoms. The molecular formula is C40H34O17. The molecule has 4 aromatic carbocycles. The van der Waals surface area contributed by atoms with Crippen molar-refractivity contribution in [2.45, 2.75) is 49.3 Å². The summed E-state index contributed by atoms with van der Waals surface area (Å²) in [5.41, 5.74) is -0.00541. The molecule has 8 rings (SSSR count). The van der Waals surface area contributed by atoms with Crippen molar-refractivity contribution < 1.29 is 79.2 Å². The number of hydrogen-bond donors (Lipinski definition) is 11. The third-order valence-electron chi connectivity index (χ3n) is 9.93. The number of ether oxygens (including phenoxy) is 3. The Balaban J connectivity index is 1.29. The van der Waals surface area contributed by atoms with E-state index in [0.717, 1.165) is 24.3 Å². The lowest BCUT2D eigenvalue weighted by atomic mass is 9.92. The highest BCUT2D eigenvalue weighted by Gasteiger charge is 2.45. The quantitative estimate of drug-likeness (QED) is 0.104. The molecule has 4 heterocycles. The van der Waals surface area contributed by atoms with E-state index in [1.54, 1.807) is 0 Å². The number of fused-ring (bicyclic) bond motifs is 1. The van der Waals surface area contributed by atoms with Crippen molar-refractivity contribution in [3.63, 3.8) is 0 Å². The van der Waals surface area contributed by atoms with Gasteiger partial charge in [-0.25, -0.2) is 0 Å². The van der Waals surface area contributed by atoms with E-state index in [1.165, 1.54) is 48.6 Å². The molecule has 7 atom stereocenters. The maximum Gasteiger partial charge on any atom is 0.229 e. The van der Waals surface area contributed by atoms with E-state index in [-0.39, 0.29) is 79.4 Å². The number of hydrogen-bond acceptors (Lipinski definition) is 17. The van der Waals surface area contributed by atoms with Crippen molar-refractivity contribution in [2.75, 3.05) is 6.61 Å². The Labute approximate surface area is 319 Å². The Morgan fingerprint density at radius 1 is 0.719 bits per heavy atom. The molecule has 6 aromatic rings. The van der Waals surface area contributed by atoms with Gasteiger partial charge in [-0.05, 0) is 54.1 Å². The summed E-state index contributed by atoms with van der Waals surface area (Å²) < 4.78 is 30.2. The highest BCUT2D eigenvalue weighted by molar-refractivity contribution is 6.10. The monoisotopic (exact) mass is 786 g/mol. The van der Waals surface area contributed by atoms with Gasteiger partial charge in [-0.15, -0.1) is 0 Å². The molecule has 0 spiro atoms. The largest absolute Gasteiger partial charge is 0.507 e. The van der Waals surface area contributed by atoms with E-state index in [1.807, 2.05) is 0 Å². The van der Waals surface area contributed by atoms with E-state index in [2.05, 4.69) is 0 Å². The van der Waals surface area contributed by atoms with Crippen LogP contribution in [0, 0.1) is 0 Å². The van der Waals surface area contributed by atoms with Gasteiger partial charge < -0.3 is 79.2 Å². The van der Waals surface area contributed by atoms with Crippen molar-refractivity contribution in [3.05, 3.63) is 93.3 Å². The van der Waals surface area contributed by atoms with Crippen molar-refractivity contribution in [1.29, 1.82) is 0 Å². The van der Waals surface area contributed by atoms with Crippen LogP contribution >= 0.6 is 0 Å². The molecule has 1 fully saturated rings. The molecule has 0 bridgehead atoms. The van der Waals surface area contributed by atoms with Gasteiger partial charge in [0, 0.05) is 41.1 Å². The zero-order valence-electron chi connectivity index (χ0n) is 29.3. The van der Waals surface area contributed by atoms with Gasteiger partial charge in [0.1, 0.15) is 64.7 Å². The van der Waals surface area contributed by atoms with Crippen LogP contribution in [0.25, 0.3) is 45.4 Å². The van der Waals surface area contributed by atoms with E-state index >= 15 is 0 Å². The van der Waals surface area contributed by atoms with Crippen LogP contribution in [-0.4, -0.2) is 99.6 Å². The average molecular weight is 787 g/mol. The molecule has 0 aliphatic carbocycles. The third-order valence-corrected chi connectivity index (χ3v) is 9.93. The molecule has 1 saturated heterocycles. The number of aliphatic hydroxyl groups is 5.